The van der Waals surface area contributed by atoms with E-state index in [9.17, 15) is 4.79 Å². The van der Waals surface area contributed by atoms with Gasteiger partial charge in [0.05, 0.1) is 5.02 Å². The third-order valence-electron chi connectivity index (χ3n) is 2.49. The Morgan fingerprint density at radius 3 is 2.88 bits per heavy atom. The van der Waals surface area contributed by atoms with Crippen LogP contribution in [0.1, 0.15) is 19.8 Å². The molecule has 0 radical (unpaired) electrons. The number of hydrogen-bond acceptors (Lipinski definition) is 2. The van der Waals surface area contributed by atoms with Crippen LogP contribution in [0.2, 0.25) is 5.02 Å². The molecule has 2 rings (SSSR count). The van der Waals surface area contributed by atoms with Gasteiger partial charge in [0.15, 0.2) is 6.10 Å². The fourth-order valence-corrected chi connectivity index (χ4v) is 2.08. The van der Waals surface area contributed by atoms with Gasteiger partial charge in [-0.2, -0.15) is 0 Å². The summed E-state index contributed by atoms with van der Waals surface area (Å²) in [5.74, 6) is 0.430. The predicted molar refractivity (Wildman–Crippen MR) is 70.4 cm³/mol. The van der Waals surface area contributed by atoms with Gasteiger partial charge in [0.2, 0.25) is 0 Å². The van der Waals surface area contributed by atoms with E-state index in [0.717, 1.165) is 17.3 Å². The summed E-state index contributed by atoms with van der Waals surface area (Å²) < 4.78 is 6.41. The molecule has 1 aromatic rings. The topological polar surface area (TPSA) is 38.3 Å². The van der Waals surface area contributed by atoms with Gasteiger partial charge >= 0.3 is 0 Å². The molecule has 1 aliphatic rings. The lowest BCUT2D eigenvalue weighted by Gasteiger charge is -2.15. The number of halogens is 2. The standard InChI is InChI=1S/C12H13BrClNO2/c1-7(12(16)15-9-3-4-9)17-11-5-2-8(13)6-10(11)14/h2,5-7,9H,3-4H2,1H3,(H,15,16)/t7-/m0/s1. The van der Waals surface area contributed by atoms with Gasteiger partial charge in [-0.25, -0.2) is 0 Å². The average Bonchev–Trinajstić information content (AvgIpc) is 3.06. The Bertz CT molecular complexity index is 435. The molecule has 1 N–H and O–H groups in total. The largest absolute Gasteiger partial charge is 0.479 e. The first-order chi connectivity index (χ1) is 8.06. The predicted octanol–water partition coefficient (Wildman–Crippen LogP) is 3.15. The van der Waals surface area contributed by atoms with Crippen molar-refractivity contribution in [3.63, 3.8) is 0 Å². The minimum absolute atomic E-state index is 0.0912. The summed E-state index contributed by atoms with van der Waals surface area (Å²) in [5.41, 5.74) is 0. The average molecular weight is 319 g/mol. The Balaban J connectivity index is 1.96. The highest BCUT2D eigenvalue weighted by Crippen LogP contribution is 2.28. The van der Waals surface area contributed by atoms with Gasteiger partial charge < -0.3 is 10.1 Å². The number of nitrogens with one attached hydrogen (secondary N) is 1. The molecule has 1 amide bonds. The molecule has 0 aromatic heterocycles. The molecule has 1 saturated carbocycles. The number of amides is 1. The van der Waals surface area contributed by atoms with Crippen LogP contribution in [0.5, 0.6) is 5.75 Å². The van der Waals surface area contributed by atoms with Crippen LogP contribution in [-0.4, -0.2) is 18.1 Å². The van der Waals surface area contributed by atoms with Crippen LogP contribution >= 0.6 is 27.5 Å². The highest BCUT2D eigenvalue weighted by molar-refractivity contribution is 9.10. The van der Waals surface area contributed by atoms with E-state index in [2.05, 4.69) is 21.2 Å². The molecule has 0 saturated heterocycles. The van der Waals surface area contributed by atoms with Crippen molar-refractivity contribution in [3.8, 4) is 5.75 Å². The van der Waals surface area contributed by atoms with E-state index in [-0.39, 0.29) is 5.91 Å². The lowest BCUT2D eigenvalue weighted by atomic mass is 10.3. The first-order valence-electron chi connectivity index (χ1n) is 5.48. The maximum absolute atomic E-state index is 11.7. The summed E-state index contributed by atoms with van der Waals surface area (Å²) in [6, 6.07) is 5.65. The molecule has 3 nitrogen and oxygen atoms in total. The molecule has 1 aliphatic carbocycles. The summed E-state index contributed by atoms with van der Waals surface area (Å²) in [7, 11) is 0. The van der Waals surface area contributed by atoms with E-state index in [1.54, 1.807) is 19.1 Å². The van der Waals surface area contributed by atoms with Crippen LogP contribution in [0.4, 0.5) is 0 Å². The highest BCUT2D eigenvalue weighted by atomic mass is 79.9. The van der Waals surface area contributed by atoms with Crippen molar-refractivity contribution in [2.24, 2.45) is 0 Å². The van der Waals surface area contributed by atoms with Gasteiger partial charge in [-0.1, -0.05) is 27.5 Å². The highest BCUT2D eigenvalue weighted by Gasteiger charge is 2.26. The quantitative estimate of drug-likeness (QED) is 0.926. The summed E-state index contributed by atoms with van der Waals surface area (Å²) in [6.07, 6.45) is 1.60. The maximum atomic E-state index is 11.7. The van der Waals surface area contributed by atoms with Crippen LogP contribution in [0.3, 0.4) is 0 Å². The molecule has 17 heavy (non-hydrogen) atoms. The Kier molecular flexibility index (Phi) is 3.94. The van der Waals surface area contributed by atoms with E-state index < -0.39 is 6.10 Å². The molecule has 0 aliphatic heterocycles. The molecule has 1 atom stereocenters. The Morgan fingerprint density at radius 2 is 2.29 bits per heavy atom. The molecule has 92 valence electrons. The SMILES string of the molecule is C[C@H](Oc1ccc(Br)cc1Cl)C(=O)NC1CC1. The fourth-order valence-electron chi connectivity index (χ4n) is 1.36. The molecule has 5 heteroatoms. The first kappa shape index (κ1) is 12.7. The van der Waals surface area contributed by atoms with Gasteiger partial charge in [0.1, 0.15) is 5.75 Å². The second-order valence-corrected chi connectivity index (χ2v) is 5.44. The van der Waals surface area contributed by atoms with Crippen molar-refractivity contribution in [1.82, 2.24) is 5.32 Å². The molecular weight excluding hydrogens is 305 g/mol. The zero-order valence-corrected chi connectivity index (χ0v) is 11.7. The van der Waals surface area contributed by atoms with Gasteiger partial charge in [0, 0.05) is 10.5 Å². The molecular formula is C12H13BrClNO2. The van der Waals surface area contributed by atoms with Crippen molar-refractivity contribution < 1.29 is 9.53 Å². The number of hydrogen-bond donors (Lipinski definition) is 1. The monoisotopic (exact) mass is 317 g/mol. The van der Waals surface area contributed by atoms with Gasteiger partial charge in [-0.3, -0.25) is 4.79 Å². The van der Waals surface area contributed by atoms with Crippen LogP contribution in [0.25, 0.3) is 0 Å². The van der Waals surface area contributed by atoms with E-state index in [0.29, 0.717) is 16.8 Å². The smallest absolute Gasteiger partial charge is 0.260 e. The van der Waals surface area contributed by atoms with Crippen molar-refractivity contribution in [2.45, 2.75) is 31.9 Å². The number of benzene rings is 1. The third kappa shape index (κ3) is 3.61. The minimum atomic E-state index is -0.533. The molecule has 1 fully saturated rings. The van der Waals surface area contributed by atoms with Crippen LogP contribution < -0.4 is 10.1 Å². The first-order valence-corrected chi connectivity index (χ1v) is 6.65. The lowest BCUT2D eigenvalue weighted by Crippen LogP contribution is -2.37. The summed E-state index contributed by atoms with van der Waals surface area (Å²) >= 11 is 9.32. The Morgan fingerprint density at radius 1 is 1.59 bits per heavy atom. The maximum Gasteiger partial charge on any atom is 0.260 e. The Hall–Kier alpha value is -0.740. The van der Waals surface area contributed by atoms with Gasteiger partial charge in [-0.15, -0.1) is 0 Å². The van der Waals surface area contributed by atoms with E-state index in [1.165, 1.54) is 0 Å². The zero-order valence-electron chi connectivity index (χ0n) is 9.37. The molecule has 0 heterocycles. The van der Waals surface area contributed by atoms with Crippen LogP contribution in [-0.2, 0) is 4.79 Å². The second-order valence-electron chi connectivity index (χ2n) is 4.12. The number of carbonyl (C=O) groups is 1. The van der Waals surface area contributed by atoms with Gasteiger partial charge in [0.25, 0.3) is 5.91 Å². The summed E-state index contributed by atoms with van der Waals surface area (Å²) in [4.78, 5) is 11.7. The molecule has 0 unspecified atom stereocenters. The van der Waals surface area contributed by atoms with Crippen LogP contribution in [0.15, 0.2) is 22.7 Å². The molecule has 1 aromatic carbocycles. The summed E-state index contributed by atoms with van der Waals surface area (Å²) in [6.45, 7) is 1.72. The normalized spacial score (nSPS) is 16.4. The van der Waals surface area contributed by atoms with Crippen molar-refractivity contribution in [1.29, 1.82) is 0 Å². The minimum Gasteiger partial charge on any atom is -0.479 e. The lowest BCUT2D eigenvalue weighted by molar-refractivity contribution is -0.127. The number of ether oxygens (including phenoxy) is 1. The van der Waals surface area contributed by atoms with E-state index in [4.69, 9.17) is 16.3 Å². The van der Waals surface area contributed by atoms with Crippen molar-refractivity contribution in [3.05, 3.63) is 27.7 Å². The van der Waals surface area contributed by atoms with Crippen molar-refractivity contribution >= 4 is 33.4 Å². The van der Waals surface area contributed by atoms with Crippen LogP contribution in [0, 0.1) is 0 Å². The van der Waals surface area contributed by atoms with Crippen molar-refractivity contribution in [2.75, 3.05) is 0 Å². The number of carbonyl (C=O) groups excluding carboxylic acids is 1. The third-order valence-corrected chi connectivity index (χ3v) is 3.28. The number of rotatable bonds is 4. The van der Waals surface area contributed by atoms with E-state index in [1.807, 2.05) is 6.07 Å². The van der Waals surface area contributed by atoms with E-state index >= 15 is 0 Å². The molecule has 0 bridgehead atoms. The zero-order chi connectivity index (χ0) is 12.4. The Labute approximate surface area is 114 Å². The molecule has 0 spiro atoms. The fraction of sp³-hybridized carbons (Fsp3) is 0.417. The van der Waals surface area contributed by atoms with Gasteiger partial charge in [-0.05, 0) is 38.0 Å². The second kappa shape index (κ2) is 5.27. The summed E-state index contributed by atoms with van der Waals surface area (Å²) in [5, 5.41) is 3.38.